The fourth-order valence-electron chi connectivity index (χ4n) is 3.26. The highest BCUT2D eigenvalue weighted by atomic mass is 16.6. The Morgan fingerprint density at radius 1 is 1.12 bits per heavy atom. The number of fused-ring (bicyclic) bond motifs is 1. The zero-order valence-electron chi connectivity index (χ0n) is 15.3. The molecule has 4 rings (SSSR count). The number of piperazine rings is 1. The van der Waals surface area contributed by atoms with Crippen LogP contribution in [0.15, 0.2) is 36.5 Å². The monoisotopic (exact) mass is 355 g/mol. The maximum Gasteiger partial charge on any atom is 0.227 e. The third kappa shape index (κ3) is 3.39. The molecular weight excluding hydrogens is 330 g/mol. The largest absolute Gasteiger partial charge is 0.484 e. The molecule has 1 aromatic heterocycles. The van der Waals surface area contributed by atoms with E-state index in [1.54, 1.807) is 0 Å². The highest BCUT2D eigenvalue weighted by molar-refractivity contribution is 5.43. The minimum absolute atomic E-state index is 0.0365. The molecule has 0 radical (unpaired) electrons. The molecule has 1 aromatic carbocycles. The van der Waals surface area contributed by atoms with Crippen LogP contribution in [0.4, 0.5) is 11.8 Å². The Bertz CT molecular complexity index is 748. The number of aromatic nitrogens is 2. The summed E-state index contributed by atoms with van der Waals surface area (Å²) in [6.07, 6.45) is 1.80. The van der Waals surface area contributed by atoms with Gasteiger partial charge in [0.25, 0.3) is 0 Å². The summed E-state index contributed by atoms with van der Waals surface area (Å²) in [5.74, 6) is 3.41. The Labute approximate surface area is 154 Å². The summed E-state index contributed by atoms with van der Waals surface area (Å²) < 4.78 is 12.0. The number of benzene rings is 1. The molecule has 1 unspecified atom stereocenters. The van der Waals surface area contributed by atoms with Crippen molar-refractivity contribution in [1.29, 1.82) is 0 Å². The highest BCUT2D eigenvalue weighted by Crippen LogP contribution is 2.32. The SMILES string of the molecule is CCN(C)c1ccnc(N2CCN(C3COc4ccccc4O3)CC2)n1. The second-order valence-corrected chi connectivity index (χ2v) is 6.58. The van der Waals surface area contributed by atoms with E-state index in [9.17, 15) is 0 Å². The lowest BCUT2D eigenvalue weighted by Crippen LogP contribution is -2.55. The van der Waals surface area contributed by atoms with Gasteiger partial charge in [0.15, 0.2) is 17.7 Å². The lowest BCUT2D eigenvalue weighted by atomic mass is 10.2. The number of rotatable bonds is 4. The Hall–Kier alpha value is -2.54. The topological polar surface area (TPSA) is 54.0 Å². The molecule has 2 aliphatic heterocycles. The maximum absolute atomic E-state index is 6.12. The van der Waals surface area contributed by atoms with Crippen LogP contribution < -0.4 is 19.3 Å². The molecule has 3 heterocycles. The Balaban J connectivity index is 1.38. The summed E-state index contributed by atoms with van der Waals surface area (Å²) in [5.41, 5.74) is 0. The maximum atomic E-state index is 6.12. The first kappa shape index (κ1) is 16.9. The number of hydrogen-bond acceptors (Lipinski definition) is 7. The third-order valence-corrected chi connectivity index (χ3v) is 4.99. The van der Waals surface area contributed by atoms with Crippen LogP contribution >= 0.6 is 0 Å². The van der Waals surface area contributed by atoms with Crippen molar-refractivity contribution in [1.82, 2.24) is 14.9 Å². The molecule has 1 fully saturated rings. The van der Waals surface area contributed by atoms with Crippen molar-refractivity contribution in [2.75, 3.05) is 56.2 Å². The van der Waals surface area contributed by atoms with E-state index in [1.165, 1.54) is 0 Å². The van der Waals surface area contributed by atoms with E-state index in [4.69, 9.17) is 14.5 Å². The summed E-state index contributed by atoms with van der Waals surface area (Å²) in [6, 6.07) is 9.79. The van der Waals surface area contributed by atoms with E-state index in [1.807, 2.05) is 43.6 Å². The van der Waals surface area contributed by atoms with E-state index in [2.05, 4.69) is 26.6 Å². The molecule has 1 saturated heterocycles. The van der Waals surface area contributed by atoms with Gasteiger partial charge in [0.1, 0.15) is 12.4 Å². The fraction of sp³-hybridized carbons (Fsp3) is 0.474. The number of anilines is 2. The molecule has 1 atom stereocenters. The van der Waals surface area contributed by atoms with Crippen LogP contribution in [0.3, 0.4) is 0 Å². The van der Waals surface area contributed by atoms with Gasteiger partial charge in [0.2, 0.25) is 5.95 Å². The molecule has 0 spiro atoms. The third-order valence-electron chi connectivity index (χ3n) is 4.99. The van der Waals surface area contributed by atoms with Crippen LogP contribution in [0, 0.1) is 0 Å². The Morgan fingerprint density at radius 2 is 1.88 bits per heavy atom. The van der Waals surface area contributed by atoms with Crippen LogP contribution in [-0.2, 0) is 0 Å². The molecule has 0 N–H and O–H groups in total. The average Bonchev–Trinajstić information content (AvgIpc) is 2.73. The molecule has 0 bridgehead atoms. The fourth-order valence-corrected chi connectivity index (χ4v) is 3.26. The van der Waals surface area contributed by atoms with E-state index in [-0.39, 0.29) is 6.23 Å². The molecule has 7 nitrogen and oxygen atoms in total. The molecule has 0 amide bonds. The second-order valence-electron chi connectivity index (χ2n) is 6.58. The van der Waals surface area contributed by atoms with Gasteiger partial charge in [-0.15, -0.1) is 0 Å². The molecule has 138 valence electrons. The molecule has 0 saturated carbocycles. The zero-order chi connectivity index (χ0) is 17.9. The van der Waals surface area contributed by atoms with Gasteiger partial charge >= 0.3 is 0 Å². The van der Waals surface area contributed by atoms with Gasteiger partial charge in [0, 0.05) is 46.0 Å². The summed E-state index contributed by atoms with van der Waals surface area (Å²) in [7, 11) is 2.04. The molecule has 0 aliphatic carbocycles. The molecule has 2 aromatic rings. The first-order valence-corrected chi connectivity index (χ1v) is 9.16. The van der Waals surface area contributed by atoms with Gasteiger partial charge < -0.3 is 19.3 Å². The van der Waals surface area contributed by atoms with Crippen LogP contribution in [0.5, 0.6) is 11.5 Å². The minimum atomic E-state index is -0.0365. The summed E-state index contributed by atoms with van der Waals surface area (Å²) in [5, 5.41) is 0. The van der Waals surface area contributed by atoms with Gasteiger partial charge in [-0.05, 0) is 25.1 Å². The van der Waals surface area contributed by atoms with Crippen molar-refractivity contribution in [3.05, 3.63) is 36.5 Å². The quantitative estimate of drug-likeness (QED) is 0.830. The number of para-hydroxylation sites is 2. The van der Waals surface area contributed by atoms with Crippen LogP contribution in [0.25, 0.3) is 0 Å². The van der Waals surface area contributed by atoms with E-state index >= 15 is 0 Å². The van der Waals surface area contributed by atoms with E-state index in [0.717, 1.165) is 56.0 Å². The summed E-state index contributed by atoms with van der Waals surface area (Å²) >= 11 is 0. The molecular formula is C19H25N5O2. The van der Waals surface area contributed by atoms with Crippen LogP contribution in [0.1, 0.15) is 6.92 Å². The Morgan fingerprint density at radius 3 is 2.65 bits per heavy atom. The van der Waals surface area contributed by atoms with Crippen molar-refractivity contribution >= 4 is 11.8 Å². The number of hydrogen-bond donors (Lipinski definition) is 0. The predicted octanol–water partition coefficient (Wildman–Crippen LogP) is 1.85. The second kappa shape index (κ2) is 7.37. The van der Waals surface area contributed by atoms with Gasteiger partial charge in [-0.3, -0.25) is 4.90 Å². The first-order chi connectivity index (χ1) is 12.7. The van der Waals surface area contributed by atoms with Gasteiger partial charge in [-0.25, -0.2) is 4.98 Å². The highest BCUT2D eigenvalue weighted by Gasteiger charge is 2.30. The molecule has 26 heavy (non-hydrogen) atoms. The van der Waals surface area contributed by atoms with Gasteiger partial charge in [-0.1, -0.05) is 12.1 Å². The predicted molar refractivity (Wildman–Crippen MR) is 101 cm³/mol. The first-order valence-electron chi connectivity index (χ1n) is 9.16. The number of nitrogens with zero attached hydrogens (tertiary/aromatic N) is 5. The average molecular weight is 355 g/mol. The number of ether oxygens (including phenoxy) is 2. The van der Waals surface area contributed by atoms with Crippen molar-refractivity contribution in [2.24, 2.45) is 0 Å². The van der Waals surface area contributed by atoms with Gasteiger partial charge in [0.05, 0.1) is 0 Å². The smallest absolute Gasteiger partial charge is 0.227 e. The van der Waals surface area contributed by atoms with Crippen LogP contribution in [0.2, 0.25) is 0 Å². The van der Waals surface area contributed by atoms with Gasteiger partial charge in [-0.2, -0.15) is 4.98 Å². The standard InChI is InChI=1S/C19H25N5O2/c1-3-22(2)17-8-9-20-19(21-17)24-12-10-23(11-13-24)18-14-25-15-6-4-5-7-16(15)26-18/h4-9,18H,3,10-14H2,1-2H3. The lowest BCUT2D eigenvalue weighted by Gasteiger charge is -2.40. The zero-order valence-corrected chi connectivity index (χ0v) is 15.3. The summed E-state index contributed by atoms with van der Waals surface area (Å²) in [6.45, 7) is 7.14. The van der Waals surface area contributed by atoms with Crippen molar-refractivity contribution in [3.63, 3.8) is 0 Å². The van der Waals surface area contributed by atoms with E-state index < -0.39 is 0 Å². The van der Waals surface area contributed by atoms with Crippen molar-refractivity contribution in [2.45, 2.75) is 13.2 Å². The summed E-state index contributed by atoms with van der Waals surface area (Å²) in [4.78, 5) is 15.8. The van der Waals surface area contributed by atoms with Crippen LogP contribution in [-0.4, -0.2) is 67.5 Å². The van der Waals surface area contributed by atoms with E-state index in [0.29, 0.717) is 6.61 Å². The normalized spacial score (nSPS) is 20.1. The lowest BCUT2D eigenvalue weighted by molar-refractivity contribution is -0.0314. The molecule has 7 heteroatoms. The van der Waals surface area contributed by atoms with Crippen molar-refractivity contribution < 1.29 is 9.47 Å². The minimum Gasteiger partial charge on any atom is -0.484 e. The molecule has 2 aliphatic rings. The Kier molecular flexibility index (Phi) is 4.79. The van der Waals surface area contributed by atoms with Crippen molar-refractivity contribution in [3.8, 4) is 11.5 Å².